The van der Waals surface area contributed by atoms with Crippen molar-refractivity contribution in [2.75, 3.05) is 18.5 Å². The molecule has 0 radical (unpaired) electrons. The third-order valence-electron chi connectivity index (χ3n) is 3.78. The Hall–Kier alpha value is -2.73. The molecule has 24 heavy (non-hydrogen) atoms. The minimum atomic E-state index is -0.167. The topological polar surface area (TPSA) is 76.2 Å². The number of hydrogen-bond acceptors (Lipinski definition) is 4. The number of hydrogen-bond donors (Lipinski definition) is 2. The molecule has 7 heteroatoms. The number of nitrogens with one attached hydrogen (secondary N) is 2. The number of para-hydroxylation sites is 1. The van der Waals surface area contributed by atoms with Crippen LogP contribution in [0.25, 0.3) is 10.9 Å². The minimum Gasteiger partial charge on any atom is -0.486 e. The van der Waals surface area contributed by atoms with Gasteiger partial charge in [-0.2, -0.15) is 5.10 Å². The van der Waals surface area contributed by atoms with Crippen LogP contribution in [0.15, 0.2) is 36.4 Å². The summed E-state index contributed by atoms with van der Waals surface area (Å²) in [6, 6.07) is 10.9. The second kappa shape index (κ2) is 6.05. The van der Waals surface area contributed by atoms with Crippen LogP contribution in [-0.4, -0.2) is 29.3 Å². The minimum absolute atomic E-state index is 0.167. The Kier molecular flexibility index (Phi) is 3.74. The molecule has 1 aliphatic rings. The molecule has 0 fully saturated rings. The summed E-state index contributed by atoms with van der Waals surface area (Å²) in [6.45, 7) is 1.06. The summed E-state index contributed by atoms with van der Waals surface area (Å²) in [6.07, 6.45) is 0.214. The zero-order valence-electron chi connectivity index (χ0n) is 12.6. The van der Waals surface area contributed by atoms with Crippen molar-refractivity contribution in [2.45, 2.75) is 6.42 Å². The average molecular weight is 344 g/mol. The van der Waals surface area contributed by atoms with Crippen molar-refractivity contribution >= 4 is 34.2 Å². The molecule has 0 saturated heterocycles. The molecule has 2 aromatic carbocycles. The van der Waals surface area contributed by atoms with Crippen LogP contribution in [0.4, 0.5) is 5.82 Å². The maximum absolute atomic E-state index is 12.3. The predicted molar refractivity (Wildman–Crippen MR) is 90.9 cm³/mol. The smallest absolute Gasteiger partial charge is 0.230 e. The van der Waals surface area contributed by atoms with Crippen molar-refractivity contribution in [3.05, 3.63) is 47.0 Å². The molecule has 0 bridgehead atoms. The van der Waals surface area contributed by atoms with Crippen LogP contribution in [0.3, 0.4) is 0 Å². The summed E-state index contributed by atoms with van der Waals surface area (Å²) >= 11 is 6.09. The Balaban J connectivity index is 1.51. The Labute approximate surface area is 142 Å². The standard InChI is InChI=1S/C17H14ClN3O3/c18-12-3-1-2-11-16(12)20-21-17(11)19-15(22)9-10-4-5-13-14(8-10)24-7-6-23-13/h1-5,8H,6-7,9H2,(H2,19,20,21,22). The lowest BCUT2D eigenvalue weighted by Crippen LogP contribution is -2.17. The third kappa shape index (κ3) is 2.76. The molecule has 4 rings (SSSR count). The lowest BCUT2D eigenvalue weighted by molar-refractivity contribution is -0.115. The number of anilines is 1. The fourth-order valence-corrected chi connectivity index (χ4v) is 2.88. The number of halogens is 1. The summed E-state index contributed by atoms with van der Waals surface area (Å²) in [4.78, 5) is 12.3. The van der Waals surface area contributed by atoms with Gasteiger partial charge in [0, 0.05) is 5.39 Å². The molecule has 0 aliphatic carbocycles. The quantitative estimate of drug-likeness (QED) is 0.766. The molecule has 1 amide bonds. The van der Waals surface area contributed by atoms with E-state index in [4.69, 9.17) is 21.1 Å². The van der Waals surface area contributed by atoms with Gasteiger partial charge >= 0.3 is 0 Å². The fourth-order valence-electron chi connectivity index (χ4n) is 2.66. The number of amides is 1. The van der Waals surface area contributed by atoms with E-state index in [-0.39, 0.29) is 12.3 Å². The summed E-state index contributed by atoms with van der Waals surface area (Å²) < 4.78 is 11.0. The van der Waals surface area contributed by atoms with E-state index < -0.39 is 0 Å². The van der Waals surface area contributed by atoms with Crippen LogP contribution in [0.1, 0.15) is 5.56 Å². The van der Waals surface area contributed by atoms with E-state index >= 15 is 0 Å². The van der Waals surface area contributed by atoms with Crippen LogP contribution >= 0.6 is 11.6 Å². The fraction of sp³-hybridized carbons (Fsp3) is 0.176. The number of rotatable bonds is 3. The lowest BCUT2D eigenvalue weighted by Gasteiger charge is -2.18. The van der Waals surface area contributed by atoms with Gasteiger partial charge in [0.25, 0.3) is 0 Å². The van der Waals surface area contributed by atoms with Gasteiger partial charge in [0.05, 0.1) is 17.0 Å². The van der Waals surface area contributed by atoms with E-state index in [1.165, 1.54) is 0 Å². The molecule has 1 aromatic heterocycles. The van der Waals surface area contributed by atoms with E-state index in [9.17, 15) is 4.79 Å². The van der Waals surface area contributed by atoms with Crippen LogP contribution < -0.4 is 14.8 Å². The zero-order valence-corrected chi connectivity index (χ0v) is 13.4. The largest absolute Gasteiger partial charge is 0.486 e. The molecule has 2 heterocycles. The van der Waals surface area contributed by atoms with E-state index in [0.717, 1.165) is 10.9 Å². The first-order chi connectivity index (χ1) is 11.7. The zero-order chi connectivity index (χ0) is 16.5. The number of H-pyrrole nitrogens is 1. The number of fused-ring (bicyclic) bond motifs is 2. The molecule has 2 N–H and O–H groups in total. The molecule has 0 spiro atoms. The highest BCUT2D eigenvalue weighted by Gasteiger charge is 2.15. The number of carbonyl (C=O) groups is 1. The lowest BCUT2D eigenvalue weighted by atomic mass is 10.1. The Morgan fingerprint density at radius 3 is 2.92 bits per heavy atom. The summed E-state index contributed by atoms with van der Waals surface area (Å²) in [5.41, 5.74) is 1.54. The highest BCUT2D eigenvalue weighted by atomic mass is 35.5. The molecule has 0 saturated carbocycles. The van der Waals surface area contributed by atoms with Gasteiger partial charge in [-0.15, -0.1) is 0 Å². The van der Waals surface area contributed by atoms with E-state index in [1.807, 2.05) is 30.3 Å². The maximum atomic E-state index is 12.3. The van der Waals surface area contributed by atoms with Crippen LogP contribution in [-0.2, 0) is 11.2 Å². The second-order valence-corrected chi connectivity index (χ2v) is 5.84. The summed E-state index contributed by atoms with van der Waals surface area (Å²) in [5, 5.41) is 11.1. The highest BCUT2D eigenvalue weighted by molar-refractivity contribution is 6.35. The van der Waals surface area contributed by atoms with Crippen molar-refractivity contribution in [3.8, 4) is 11.5 Å². The number of ether oxygens (including phenoxy) is 2. The first-order valence-electron chi connectivity index (χ1n) is 7.52. The van der Waals surface area contributed by atoms with Crippen molar-refractivity contribution in [1.29, 1.82) is 0 Å². The summed E-state index contributed by atoms with van der Waals surface area (Å²) in [5.74, 6) is 1.68. The van der Waals surface area contributed by atoms with Crippen LogP contribution in [0, 0.1) is 0 Å². The number of aromatic amines is 1. The van der Waals surface area contributed by atoms with Gasteiger partial charge in [-0.05, 0) is 29.8 Å². The van der Waals surface area contributed by atoms with E-state index in [1.54, 1.807) is 6.07 Å². The second-order valence-electron chi connectivity index (χ2n) is 5.44. The van der Waals surface area contributed by atoms with Gasteiger partial charge in [0.1, 0.15) is 13.2 Å². The van der Waals surface area contributed by atoms with Crippen molar-refractivity contribution in [3.63, 3.8) is 0 Å². The first-order valence-corrected chi connectivity index (χ1v) is 7.89. The van der Waals surface area contributed by atoms with Gasteiger partial charge in [0.2, 0.25) is 5.91 Å². The summed E-state index contributed by atoms with van der Waals surface area (Å²) in [7, 11) is 0. The Bertz CT molecular complexity index is 923. The molecule has 122 valence electrons. The molecule has 3 aromatic rings. The van der Waals surface area contributed by atoms with Crippen molar-refractivity contribution in [1.82, 2.24) is 10.2 Å². The molecule has 0 atom stereocenters. The van der Waals surface area contributed by atoms with Crippen molar-refractivity contribution in [2.24, 2.45) is 0 Å². The monoisotopic (exact) mass is 343 g/mol. The van der Waals surface area contributed by atoms with E-state index in [2.05, 4.69) is 15.5 Å². The molecular weight excluding hydrogens is 330 g/mol. The number of benzene rings is 2. The first kappa shape index (κ1) is 14.8. The molecule has 1 aliphatic heterocycles. The molecular formula is C17H14ClN3O3. The van der Waals surface area contributed by atoms with Crippen LogP contribution in [0.5, 0.6) is 11.5 Å². The average Bonchev–Trinajstić information content (AvgIpc) is 2.99. The number of aromatic nitrogens is 2. The van der Waals surface area contributed by atoms with Gasteiger partial charge in [-0.1, -0.05) is 23.7 Å². The molecule has 0 unspecified atom stereocenters. The van der Waals surface area contributed by atoms with E-state index in [0.29, 0.717) is 41.1 Å². The highest BCUT2D eigenvalue weighted by Crippen LogP contribution is 2.31. The Morgan fingerprint density at radius 1 is 1.21 bits per heavy atom. The van der Waals surface area contributed by atoms with Crippen LogP contribution in [0.2, 0.25) is 5.02 Å². The van der Waals surface area contributed by atoms with Gasteiger partial charge in [0.15, 0.2) is 17.3 Å². The van der Waals surface area contributed by atoms with Gasteiger partial charge < -0.3 is 14.8 Å². The molecule has 6 nitrogen and oxygen atoms in total. The number of nitrogens with zero attached hydrogens (tertiary/aromatic N) is 1. The Morgan fingerprint density at radius 2 is 2.04 bits per heavy atom. The van der Waals surface area contributed by atoms with Gasteiger partial charge in [-0.25, -0.2) is 0 Å². The maximum Gasteiger partial charge on any atom is 0.230 e. The SMILES string of the molecule is O=C(Cc1ccc2c(c1)OCCO2)Nc1n[nH]c2c(Cl)cccc12. The normalized spacial score (nSPS) is 13.0. The van der Waals surface area contributed by atoms with Gasteiger partial charge in [-0.3, -0.25) is 9.89 Å². The third-order valence-corrected chi connectivity index (χ3v) is 4.09. The van der Waals surface area contributed by atoms with Crippen molar-refractivity contribution < 1.29 is 14.3 Å². The predicted octanol–water partition coefficient (Wildman–Crippen LogP) is 3.17. The number of carbonyl (C=O) groups excluding carboxylic acids is 1.